The molecule has 0 atom stereocenters. The number of alkyl halides is 3. The summed E-state index contributed by atoms with van der Waals surface area (Å²) in [5.74, 6) is -0.565. The number of rotatable bonds is 8. The van der Waals surface area contributed by atoms with E-state index < -0.39 is 11.7 Å². The highest BCUT2D eigenvalue weighted by molar-refractivity contribution is 5.95. The van der Waals surface area contributed by atoms with Crippen LogP contribution in [-0.4, -0.2) is 30.3 Å². The summed E-state index contributed by atoms with van der Waals surface area (Å²) in [6.07, 6.45) is -4.30. The van der Waals surface area contributed by atoms with Crippen LogP contribution in [0.3, 0.4) is 0 Å². The summed E-state index contributed by atoms with van der Waals surface area (Å²) >= 11 is 0. The Morgan fingerprint density at radius 1 is 0.967 bits per heavy atom. The van der Waals surface area contributed by atoms with E-state index in [4.69, 9.17) is 5.26 Å². The number of carbonyl (C=O) groups excluding carboxylic acids is 2. The zero-order valence-electron chi connectivity index (χ0n) is 16.5. The molecule has 2 aromatic carbocycles. The molecule has 0 bridgehead atoms. The fourth-order valence-corrected chi connectivity index (χ4v) is 2.87. The third-order valence-corrected chi connectivity index (χ3v) is 4.50. The molecule has 0 N–H and O–H groups in total. The van der Waals surface area contributed by atoms with Crippen LogP contribution in [0.4, 0.5) is 18.9 Å². The second-order valence-electron chi connectivity index (χ2n) is 6.73. The molecule has 0 aliphatic rings. The van der Waals surface area contributed by atoms with Gasteiger partial charge in [-0.05, 0) is 29.8 Å². The van der Waals surface area contributed by atoms with Gasteiger partial charge < -0.3 is 9.80 Å². The minimum Gasteiger partial charge on any atom is -0.341 e. The molecular weight excluding hydrogens is 395 g/mol. The van der Waals surface area contributed by atoms with E-state index in [-0.39, 0.29) is 44.2 Å². The molecular formula is C22H22F3N3O2. The molecule has 0 heterocycles. The van der Waals surface area contributed by atoms with Crippen molar-refractivity contribution < 1.29 is 22.8 Å². The van der Waals surface area contributed by atoms with Gasteiger partial charge in [0.15, 0.2) is 0 Å². The van der Waals surface area contributed by atoms with E-state index in [1.165, 1.54) is 29.0 Å². The van der Waals surface area contributed by atoms with Crippen LogP contribution in [0.25, 0.3) is 0 Å². The van der Waals surface area contributed by atoms with Crippen molar-refractivity contribution in [3.8, 4) is 6.07 Å². The summed E-state index contributed by atoms with van der Waals surface area (Å²) in [7, 11) is 1.54. The van der Waals surface area contributed by atoms with Crippen molar-refractivity contribution in [1.29, 1.82) is 5.26 Å². The van der Waals surface area contributed by atoms with E-state index in [2.05, 4.69) is 0 Å². The SMILES string of the molecule is CN(Cc1ccc(C(F)(F)F)cc1)C(=O)CCC(=O)N(CCC#N)c1ccccc1. The minimum atomic E-state index is -4.41. The first-order valence-corrected chi connectivity index (χ1v) is 9.35. The molecule has 0 saturated heterocycles. The molecule has 0 aliphatic carbocycles. The Morgan fingerprint density at radius 2 is 1.57 bits per heavy atom. The number of para-hydroxylation sites is 1. The Morgan fingerprint density at radius 3 is 2.13 bits per heavy atom. The lowest BCUT2D eigenvalue weighted by Gasteiger charge is -2.23. The maximum atomic E-state index is 12.6. The Kier molecular flexibility index (Phi) is 7.98. The van der Waals surface area contributed by atoms with Crippen molar-refractivity contribution in [3.63, 3.8) is 0 Å². The van der Waals surface area contributed by atoms with Gasteiger partial charge in [0.25, 0.3) is 0 Å². The quantitative estimate of drug-likeness (QED) is 0.640. The number of nitrogens with zero attached hydrogens (tertiary/aromatic N) is 3. The second kappa shape index (κ2) is 10.4. The zero-order valence-corrected chi connectivity index (χ0v) is 16.5. The Balaban J connectivity index is 1.93. The lowest BCUT2D eigenvalue weighted by molar-refractivity contribution is -0.137. The third kappa shape index (κ3) is 6.62. The predicted octanol–water partition coefficient (Wildman–Crippen LogP) is 4.39. The first-order chi connectivity index (χ1) is 14.2. The molecule has 0 aromatic heterocycles. The van der Waals surface area contributed by atoms with E-state index in [1.54, 1.807) is 24.3 Å². The predicted molar refractivity (Wildman–Crippen MR) is 106 cm³/mol. The van der Waals surface area contributed by atoms with Gasteiger partial charge in [-0.15, -0.1) is 0 Å². The average Bonchev–Trinajstić information content (AvgIpc) is 2.72. The van der Waals surface area contributed by atoms with Gasteiger partial charge in [-0.25, -0.2) is 0 Å². The fraction of sp³-hybridized carbons (Fsp3) is 0.318. The Bertz CT molecular complexity index is 891. The topological polar surface area (TPSA) is 64.4 Å². The van der Waals surface area contributed by atoms with Crippen LogP contribution in [0.5, 0.6) is 0 Å². The van der Waals surface area contributed by atoms with Crippen LogP contribution in [0, 0.1) is 11.3 Å². The number of hydrogen-bond acceptors (Lipinski definition) is 3. The molecule has 2 rings (SSSR count). The highest BCUT2D eigenvalue weighted by Crippen LogP contribution is 2.29. The number of amides is 2. The van der Waals surface area contributed by atoms with E-state index in [1.807, 2.05) is 12.1 Å². The van der Waals surface area contributed by atoms with Gasteiger partial charge in [0.05, 0.1) is 18.1 Å². The number of benzene rings is 2. The van der Waals surface area contributed by atoms with Crippen molar-refractivity contribution in [1.82, 2.24) is 4.90 Å². The molecule has 0 spiro atoms. The van der Waals surface area contributed by atoms with Crippen molar-refractivity contribution in [2.45, 2.75) is 32.0 Å². The number of anilines is 1. The zero-order chi connectivity index (χ0) is 22.1. The van der Waals surface area contributed by atoms with Crippen LogP contribution in [0.1, 0.15) is 30.4 Å². The van der Waals surface area contributed by atoms with Crippen LogP contribution in [0.15, 0.2) is 54.6 Å². The molecule has 0 fully saturated rings. The molecule has 0 saturated carbocycles. The molecule has 0 unspecified atom stereocenters. The summed E-state index contributed by atoms with van der Waals surface area (Å²) < 4.78 is 37.9. The Labute approximate surface area is 173 Å². The van der Waals surface area contributed by atoms with E-state index in [0.717, 1.165) is 12.1 Å². The highest BCUT2D eigenvalue weighted by atomic mass is 19.4. The monoisotopic (exact) mass is 417 g/mol. The third-order valence-electron chi connectivity index (χ3n) is 4.50. The van der Waals surface area contributed by atoms with Gasteiger partial charge in [0.2, 0.25) is 11.8 Å². The smallest absolute Gasteiger partial charge is 0.341 e. The van der Waals surface area contributed by atoms with E-state index in [9.17, 15) is 22.8 Å². The van der Waals surface area contributed by atoms with Gasteiger partial charge in [-0.1, -0.05) is 30.3 Å². The molecule has 0 radical (unpaired) electrons. The Hall–Kier alpha value is -3.34. The maximum absolute atomic E-state index is 12.6. The number of hydrogen-bond donors (Lipinski definition) is 0. The summed E-state index contributed by atoms with van der Waals surface area (Å²) in [6.45, 7) is 0.372. The highest BCUT2D eigenvalue weighted by Gasteiger charge is 2.30. The lowest BCUT2D eigenvalue weighted by atomic mass is 10.1. The van der Waals surface area contributed by atoms with Gasteiger partial charge in [0, 0.05) is 38.7 Å². The molecule has 158 valence electrons. The second-order valence-corrected chi connectivity index (χ2v) is 6.73. The molecule has 8 heteroatoms. The van der Waals surface area contributed by atoms with Crippen molar-refractivity contribution in [2.24, 2.45) is 0 Å². The van der Waals surface area contributed by atoms with Crippen LogP contribution in [0.2, 0.25) is 0 Å². The average molecular weight is 417 g/mol. The largest absolute Gasteiger partial charge is 0.416 e. The summed E-state index contributed by atoms with van der Waals surface area (Å²) in [4.78, 5) is 27.8. The number of carbonyl (C=O) groups is 2. The first kappa shape index (κ1) is 22.9. The maximum Gasteiger partial charge on any atom is 0.416 e. The van der Waals surface area contributed by atoms with E-state index in [0.29, 0.717) is 11.3 Å². The van der Waals surface area contributed by atoms with Gasteiger partial charge >= 0.3 is 6.18 Å². The summed E-state index contributed by atoms with van der Waals surface area (Å²) in [6, 6.07) is 15.5. The number of nitriles is 1. The van der Waals surface area contributed by atoms with Crippen LogP contribution < -0.4 is 4.90 Å². The van der Waals surface area contributed by atoms with Gasteiger partial charge in [0.1, 0.15) is 0 Å². The minimum absolute atomic E-state index is 0.0312. The summed E-state index contributed by atoms with van der Waals surface area (Å²) in [5, 5.41) is 8.83. The van der Waals surface area contributed by atoms with Gasteiger partial charge in [-0.3, -0.25) is 9.59 Å². The van der Waals surface area contributed by atoms with Gasteiger partial charge in [-0.2, -0.15) is 18.4 Å². The van der Waals surface area contributed by atoms with Crippen LogP contribution >= 0.6 is 0 Å². The van der Waals surface area contributed by atoms with Crippen molar-refractivity contribution in [3.05, 3.63) is 65.7 Å². The molecule has 0 aliphatic heterocycles. The first-order valence-electron chi connectivity index (χ1n) is 9.35. The standard InChI is InChI=1S/C22H22F3N3O2/c1-27(16-17-8-10-18(11-9-17)22(23,24)25)20(29)12-13-21(30)28(15-5-14-26)19-6-3-2-4-7-19/h2-4,6-11H,5,12-13,15-16H2,1H3. The normalized spacial score (nSPS) is 10.9. The molecule has 5 nitrogen and oxygen atoms in total. The summed E-state index contributed by atoms with van der Waals surface area (Å²) in [5.41, 5.74) is 0.470. The van der Waals surface area contributed by atoms with Crippen molar-refractivity contribution >= 4 is 17.5 Å². The van der Waals surface area contributed by atoms with Crippen LogP contribution in [-0.2, 0) is 22.3 Å². The van der Waals surface area contributed by atoms with E-state index >= 15 is 0 Å². The lowest BCUT2D eigenvalue weighted by Crippen LogP contribution is -2.33. The fourth-order valence-electron chi connectivity index (χ4n) is 2.87. The molecule has 2 aromatic rings. The molecule has 2 amide bonds. The van der Waals surface area contributed by atoms with Crippen molar-refractivity contribution in [2.75, 3.05) is 18.5 Å². The number of halogens is 3. The molecule has 30 heavy (non-hydrogen) atoms.